The molecule has 0 saturated carbocycles. The number of nitrogens with zero attached hydrogens (tertiary/aromatic N) is 2. The number of aromatic nitrogens is 2. The van der Waals surface area contributed by atoms with Crippen molar-refractivity contribution >= 4 is 27.8 Å². The second-order valence-electron chi connectivity index (χ2n) is 4.74. The lowest BCUT2D eigenvalue weighted by Crippen LogP contribution is -2.04. The van der Waals surface area contributed by atoms with Gasteiger partial charge in [0.05, 0.1) is 18.8 Å². The molecule has 0 atom stereocenters. The van der Waals surface area contributed by atoms with Gasteiger partial charge >= 0.3 is 5.97 Å². The third-order valence-electron chi connectivity index (χ3n) is 3.57. The summed E-state index contributed by atoms with van der Waals surface area (Å²) in [5, 5.41) is 2.43. The normalized spacial score (nSPS) is 11.1. The molecule has 0 saturated heterocycles. The van der Waals surface area contributed by atoms with E-state index in [0.717, 1.165) is 18.5 Å². The zero-order chi connectivity index (χ0) is 13.9. The summed E-state index contributed by atoms with van der Waals surface area (Å²) in [5.41, 5.74) is 2.29. The van der Waals surface area contributed by atoms with Crippen molar-refractivity contribution in [2.75, 3.05) is 7.11 Å². The number of ether oxygens (including phenoxy) is 1. The van der Waals surface area contributed by atoms with Crippen LogP contribution >= 0.6 is 0 Å². The fraction of sp³-hybridized carbons (Fsp3) is 0.250. The van der Waals surface area contributed by atoms with Gasteiger partial charge in [0, 0.05) is 35.5 Å². The molecule has 0 fully saturated rings. The van der Waals surface area contributed by atoms with Crippen LogP contribution in [-0.2, 0) is 16.1 Å². The first-order chi connectivity index (χ1) is 9.81. The summed E-state index contributed by atoms with van der Waals surface area (Å²) in [4.78, 5) is 15.4. The first-order valence-corrected chi connectivity index (χ1v) is 6.69. The van der Waals surface area contributed by atoms with Gasteiger partial charge < -0.3 is 9.30 Å². The van der Waals surface area contributed by atoms with E-state index in [0.29, 0.717) is 6.42 Å². The molecule has 20 heavy (non-hydrogen) atoms. The number of hydrogen-bond donors (Lipinski definition) is 0. The van der Waals surface area contributed by atoms with E-state index < -0.39 is 0 Å². The van der Waals surface area contributed by atoms with Gasteiger partial charge in [-0.05, 0) is 18.6 Å². The number of rotatable bonds is 4. The molecule has 0 unspecified atom stereocenters. The first kappa shape index (κ1) is 12.7. The van der Waals surface area contributed by atoms with Crippen molar-refractivity contribution in [2.45, 2.75) is 19.4 Å². The maximum Gasteiger partial charge on any atom is 0.305 e. The summed E-state index contributed by atoms with van der Waals surface area (Å²) < 4.78 is 6.91. The summed E-state index contributed by atoms with van der Waals surface area (Å²) in [6.45, 7) is 0.783. The van der Waals surface area contributed by atoms with E-state index in [1.165, 1.54) is 23.4 Å². The van der Waals surface area contributed by atoms with Crippen LogP contribution in [0.3, 0.4) is 0 Å². The predicted molar refractivity (Wildman–Crippen MR) is 78.5 cm³/mol. The molecule has 0 aliphatic rings. The van der Waals surface area contributed by atoms with Gasteiger partial charge in [-0.15, -0.1) is 0 Å². The van der Waals surface area contributed by atoms with Gasteiger partial charge in [0.1, 0.15) is 0 Å². The van der Waals surface area contributed by atoms with E-state index in [4.69, 9.17) is 0 Å². The Morgan fingerprint density at radius 2 is 2.00 bits per heavy atom. The van der Waals surface area contributed by atoms with Gasteiger partial charge in [0.25, 0.3) is 0 Å². The van der Waals surface area contributed by atoms with Crippen molar-refractivity contribution in [3.8, 4) is 0 Å². The number of hydrogen-bond acceptors (Lipinski definition) is 3. The Hall–Kier alpha value is -2.36. The van der Waals surface area contributed by atoms with Crippen molar-refractivity contribution in [1.82, 2.24) is 9.55 Å². The minimum atomic E-state index is -0.163. The largest absolute Gasteiger partial charge is 0.469 e. The molecule has 0 N–H and O–H groups in total. The summed E-state index contributed by atoms with van der Waals surface area (Å²) in [5.74, 6) is -0.163. The molecule has 0 spiro atoms. The number of fused-ring (bicyclic) bond motifs is 3. The molecular weight excluding hydrogens is 252 g/mol. The minimum absolute atomic E-state index is 0.163. The van der Waals surface area contributed by atoms with Gasteiger partial charge in [-0.25, -0.2) is 0 Å². The monoisotopic (exact) mass is 268 g/mol. The van der Waals surface area contributed by atoms with E-state index in [9.17, 15) is 4.79 Å². The SMILES string of the molecule is COC(=O)CCCn1c2ccccc2c2ccncc21. The van der Waals surface area contributed by atoms with Crippen molar-refractivity contribution in [3.63, 3.8) is 0 Å². The van der Waals surface area contributed by atoms with Crippen LogP contribution in [0.5, 0.6) is 0 Å². The predicted octanol–water partition coefficient (Wildman–Crippen LogP) is 3.14. The number of para-hydroxylation sites is 1. The molecule has 0 aliphatic heterocycles. The maximum absolute atomic E-state index is 11.2. The zero-order valence-electron chi connectivity index (χ0n) is 11.4. The van der Waals surface area contributed by atoms with Crippen molar-refractivity contribution in [3.05, 3.63) is 42.7 Å². The van der Waals surface area contributed by atoms with Gasteiger partial charge in [-0.1, -0.05) is 18.2 Å². The summed E-state index contributed by atoms with van der Waals surface area (Å²) in [6.07, 6.45) is 4.89. The van der Waals surface area contributed by atoms with Crippen LogP contribution in [0, 0.1) is 0 Å². The molecule has 3 aromatic rings. The molecule has 0 amide bonds. The van der Waals surface area contributed by atoms with E-state index in [2.05, 4.69) is 26.4 Å². The molecule has 3 rings (SSSR count). The number of esters is 1. The third-order valence-corrected chi connectivity index (χ3v) is 3.57. The fourth-order valence-corrected chi connectivity index (χ4v) is 2.62. The van der Waals surface area contributed by atoms with Gasteiger partial charge in [-0.2, -0.15) is 0 Å². The Morgan fingerprint density at radius 1 is 1.20 bits per heavy atom. The van der Waals surface area contributed by atoms with Crippen molar-refractivity contribution in [2.24, 2.45) is 0 Å². The molecular formula is C16H16N2O2. The number of carbonyl (C=O) groups is 1. The number of pyridine rings is 1. The number of benzene rings is 1. The Kier molecular flexibility index (Phi) is 3.37. The Labute approximate surface area is 117 Å². The smallest absolute Gasteiger partial charge is 0.305 e. The summed E-state index contributed by atoms with van der Waals surface area (Å²) in [7, 11) is 1.42. The van der Waals surface area contributed by atoms with Gasteiger partial charge in [0.15, 0.2) is 0 Å². The summed E-state index contributed by atoms with van der Waals surface area (Å²) >= 11 is 0. The van der Waals surface area contributed by atoms with Crippen molar-refractivity contribution in [1.29, 1.82) is 0 Å². The molecule has 2 heterocycles. The second kappa shape index (κ2) is 5.33. The highest BCUT2D eigenvalue weighted by atomic mass is 16.5. The van der Waals surface area contributed by atoms with E-state index in [-0.39, 0.29) is 5.97 Å². The van der Waals surface area contributed by atoms with Crippen LogP contribution < -0.4 is 0 Å². The highest BCUT2D eigenvalue weighted by Gasteiger charge is 2.10. The Balaban J connectivity index is 2.01. The Morgan fingerprint density at radius 3 is 2.85 bits per heavy atom. The van der Waals surface area contributed by atoms with Crippen LogP contribution in [-0.4, -0.2) is 22.6 Å². The average molecular weight is 268 g/mol. The topological polar surface area (TPSA) is 44.1 Å². The van der Waals surface area contributed by atoms with Crippen LogP contribution in [0.4, 0.5) is 0 Å². The van der Waals surface area contributed by atoms with Crippen LogP contribution in [0.25, 0.3) is 21.8 Å². The van der Waals surface area contributed by atoms with E-state index in [1.807, 2.05) is 30.6 Å². The molecule has 0 bridgehead atoms. The molecule has 2 aromatic heterocycles. The second-order valence-corrected chi connectivity index (χ2v) is 4.74. The fourth-order valence-electron chi connectivity index (χ4n) is 2.62. The molecule has 0 radical (unpaired) electrons. The first-order valence-electron chi connectivity index (χ1n) is 6.69. The lowest BCUT2D eigenvalue weighted by atomic mass is 10.2. The average Bonchev–Trinajstić information content (AvgIpc) is 2.82. The van der Waals surface area contributed by atoms with E-state index in [1.54, 1.807) is 0 Å². The highest BCUT2D eigenvalue weighted by Crippen LogP contribution is 2.28. The van der Waals surface area contributed by atoms with Gasteiger partial charge in [0.2, 0.25) is 0 Å². The molecule has 0 aliphatic carbocycles. The molecule has 4 nitrogen and oxygen atoms in total. The molecule has 1 aromatic carbocycles. The molecule has 102 valence electrons. The standard InChI is InChI=1S/C16H16N2O2/c1-20-16(19)7-4-10-18-14-6-3-2-5-12(14)13-8-9-17-11-15(13)18/h2-3,5-6,8-9,11H,4,7,10H2,1H3. The maximum atomic E-state index is 11.2. The third kappa shape index (κ3) is 2.13. The van der Waals surface area contributed by atoms with Crippen molar-refractivity contribution < 1.29 is 9.53 Å². The number of carbonyl (C=O) groups excluding carboxylic acids is 1. The quantitative estimate of drug-likeness (QED) is 0.683. The minimum Gasteiger partial charge on any atom is -0.469 e. The number of aryl methyl sites for hydroxylation is 1. The lowest BCUT2D eigenvalue weighted by molar-refractivity contribution is -0.140. The zero-order valence-corrected chi connectivity index (χ0v) is 11.4. The lowest BCUT2D eigenvalue weighted by Gasteiger charge is -2.06. The van der Waals surface area contributed by atoms with Crippen LogP contribution in [0.1, 0.15) is 12.8 Å². The number of methoxy groups -OCH3 is 1. The molecule has 4 heteroatoms. The van der Waals surface area contributed by atoms with Gasteiger partial charge in [-0.3, -0.25) is 9.78 Å². The van der Waals surface area contributed by atoms with E-state index >= 15 is 0 Å². The Bertz CT molecular complexity index is 708. The summed E-state index contributed by atoms with van der Waals surface area (Å²) in [6, 6.07) is 10.3. The van der Waals surface area contributed by atoms with Crippen LogP contribution in [0.2, 0.25) is 0 Å². The van der Waals surface area contributed by atoms with Crippen LogP contribution in [0.15, 0.2) is 42.7 Å². The highest BCUT2D eigenvalue weighted by molar-refractivity contribution is 6.07.